The van der Waals surface area contributed by atoms with Crippen molar-refractivity contribution < 1.29 is 19.1 Å². The summed E-state index contributed by atoms with van der Waals surface area (Å²) in [5.41, 5.74) is 0.113. The van der Waals surface area contributed by atoms with E-state index in [0.717, 1.165) is 31.2 Å². The van der Waals surface area contributed by atoms with Gasteiger partial charge in [0, 0.05) is 12.1 Å². The summed E-state index contributed by atoms with van der Waals surface area (Å²) in [7, 11) is 0. The van der Waals surface area contributed by atoms with Gasteiger partial charge in [-0.15, -0.1) is 0 Å². The molecule has 1 aliphatic carbocycles. The molecule has 1 aliphatic rings. The van der Waals surface area contributed by atoms with Crippen LogP contribution in [0, 0.1) is 0 Å². The number of hydrogen-bond acceptors (Lipinski definition) is 4. The predicted octanol–water partition coefficient (Wildman–Crippen LogP) is 3.55. The molecule has 1 saturated carbocycles. The number of nitrogens with zero attached hydrogens (tertiary/aromatic N) is 1. The van der Waals surface area contributed by atoms with Crippen molar-refractivity contribution in [2.75, 3.05) is 6.54 Å². The van der Waals surface area contributed by atoms with E-state index in [4.69, 9.17) is 4.74 Å². The number of nitrogens with one attached hydrogen (secondary N) is 2. The maximum Gasteiger partial charge on any atom is 0.408 e. The van der Waals surface area contributed by atoms with E-state index in [9.17, 15) is 14.4 Å². The van der Waals surface area contributed by atoms with Crippen LogP contribution < -0.4 is 10.6 Å². The molecule has 2 unspecified atom stereocenters. The summed E-state index contributed by atoms with van der Waals surface area (Å²) in [6.45, 7) is 9.11. The lowest BCUT2D eigenvalue weighted by atomic mass is 10.0. The molecule has 2 rings (SSSR count). The van der Waals surface area contributed by atoms with Crippen molar-refractivity contribution in [3.8, 4) is 0 Å². The van der Waals surface area contributed by atoms with Gasteiger partial charge in [-0.25, -0.2) is 4.79 Å². The number of carbonyl (C=O) groups excluding carboxylic acids is 3. The van der Waals surface area contributed by atoms with Crippen molar-refractivity contribution >= 4 is 17.9 Å². The van der Waals surface area contributed by atoms with E-state index in [1.807, 2.05) is 37.3 Å². The summed E-state index contributed by atoms with van der Waals surface area (Å²) in [5, 5.41) is 5.57. The minimum Gasteiger partial charge on any atom is -0.444 e. The highest BCUT2D eigenvalue weighted by Crippen LogP contribution is 2.35. The second kappa shape index (κ2) is 10.5. The monoisotopic (exact) mass is 417 g/mol. The van der Waals surface area contributed by atoms with E-state index in [-0.39, 0.29) is 30.4 Å². The van der Waals surface area contributed by atoms with E-state index in [2.05, 4.69) is 17.6 Å². The Morgan fingerprint density at radius 1 is 1.17 bits per heavy atom. The Morgan fingerprint density at radius 3 is 2.33 bits per heavy atom. The maximum atomic E-state index is 13.2. The first kappa shape index (κ1) is 23.7. The standard InChI is InChI=1S/C23H35N3O4/c1-6-10-16(2)25-21(28)20(17-11-8-7-9-12-17)26(18-13-14-18)19(27)15-24-22(29)30-23(3,4)5/h7-9,11-12,16,18,20H,6,10,13-15H2,1-5H3,(H,24,29)(H,25,28). The van der Waals surface area contributed by atoms with Gasteiger partial charge in [0.05, 0.1) is 0 Å². The molecule has 2 atom stereocenters. The van der Waals surface area contributed by atoms with Gasteiger partial charge in [0.1, 0.15) is 18.2 Å². The third-order valence-corrected chi connectivity index (χ3v) is 4.76. The zero-order chi connectivity index (χ0) is 22.3. The maximum absolute atomic E-state index is 13.2. The van der Waals surface area contributed by atoms with Crippen LogP contribution in [0.3, 0.4) is 0 Å². The Labute approximate surface area is 179 Å². The zero-order valence-electron chi connectivity index (χ0n) is 18.7. The minimum absolute atomic E-state index is 0.00428. The van der Waals surface area contributed by atoms with E-state index >= 15 is 0 Å². The summed E-state index contributed by atoms with van der Waals surface area (Å²) >= 11 is 0. The van der Waals surface area contributed by atoms with E-state index in [1.165, 1.54) is 0 Å². The zero-order valence-corrected chi connectivity index (χ0v) is 18.7. The number of hydrogen-bond donors (Lipinski definition) is 2. The van der Waals surface area contributed by atoms with Crippen LogP contribution in [0.15, 0.2) is 30.3 Å². The van der Waals surface area contributed by atoms with Crippen LogP contribution in [0.1, 0.15) is 71.9 Å². The van der Waals surface area contributed by atoms with Gasteiger partial charge in [-0.05, 0) is 52.5 Å². The molecule has 1 aromatic rings. The molecule has 1 fully saturated rings. The highest BCUT2D eigenvalue weighted by atomic mass is 16.6. The molecule has 0 saturated heterocycles. The summed E-state index contributed by atoms with van der Waals surface area (Å²) in [6, 6.07) is 8.60. The Kier molecular flexibility index (Phi) is 8.26. The van der Waals surface area contributed by atoms with Crippen molar-refractivity contribution in [3.63, 3.8) is 0 Å². The number of amides is 3. The molecule has 1 aromatic carbocycles. The van der Waals surface area contributed by atoms with Crippen LogP contribution in [-0.2, 0) is 14.3 Å². The second-order valence-corrected chi connectivity index (χ2v) is 8.90. The third kappa shape index (κ3) is 7.35. The Morgan fingerprint density at radius 2 is 1.80 bits per heavy atom. The van der Waals surface area contributed by atoms with Gasteiger partial charge in [-0.2, -0.15) is 0 Å². The molecule has 0 aliphatic heterocycles. The molecule has 7 heteroatoms. The average Bonchev–Trinajstić information content (AvgIpc) is 3.48. The fourth-order valence-electron chi connectivity index (χ4n) is 3.36. The Balaban J connectivity index is 2.19. The minimum atomic E-state index is -0.731. The second-order valence-electron chi connectivity index (χ2n) is 8.90. The van der Waals surface area contributed by atoms with Crippen LogP contribution in [0.5, 0.6) is 0 Å². The molecular weight excluding hydrogens is 382 g/mol. The van der Waals surface area contributed by atoms with Gasteiger partial charge in [0.25, 0.3) is 0 Å². The lowest BCUT2D eigenvalue weighted by Gasteiger charge is -2.32. The van der Waals surface area contributed by atoms with Crippen molar-refractivity contribution in [1.82, 2.24) is 15.5 Å². The Bertz CT molecular complexity index is 726. The van der Waals surface area contributed by atoms with Gasteiger partial charge in [-0.3, -0.25) is 9.59 Å². The first-order valence-corrected chi connectivity index (χ1v) is 10.8. The van der Waals surface area contributed by atoms with Gasteiger partial charge in [0.15, 0.2) is 0 Å². The normalized spacial score (nSPS) is 15.6. The van der Waals surface area contributed by atoms with Gasteiger partial charge < -0.3 is 20.3 Å². The van der Waals surface area contributed by atoms with Gasteiger partial charge in [0.2, 0.25) is 11.8 Å². The number of rotatable bonds is 9. The predicted molar refractivity (Wildman–Crippen MR) is 116 cm³/mol. The fraction of sp³-hybridized carbons (Fsp3) is 0.609. The molecule has 0 spiro atoms. The summed E-state index contributed by atoms with van der Waals surface area (Å²) in [4.78, 5) is 39.9. The first-order chi connectivity index (χ1) is 14.1. The number of benzene rings is 1. The lowest BCUT2D eigenvalue weighted by molar-refractivity contribution is -0.141. The van der Waals surface area contributed by atoms with E-state index < -0.39 is 17.7 Å². The highest BCUT2D eigenvalue weighted by molar-refractivity contribution is 5.91. The quantitative estimate of drug-likeness (QED) is 0.643. The molecule has 30 heavy (non-hydrogen) atoms. The summed E-state index contributed by atoms with van der Waals surface area (Å²) < 4.78 is 5.22. The average molecular weight is 418 g/mol. The summed E-state index contributed by atoms with van der Waals surface area (Å²) in [6.07, 6.45) is 2.87. The number of carbonyl (C=O) groups is 3. The van der Waals surface area contributed by atoms with Crippen LogP contribution >= 0.6 is 0 Å². The van der Waals surface area contributed by atoms with Crippen LogP contribution in [0.2, 0.25) is 0 Å². The van der Waals surface area contributed by atoms with Gasteiger partial charge in [-0.1, -0.05) is 43.7 Å². The van der Waals surface area contributed by atoms with Crippen molar-refractivity contribution in [2.24, 2.45) is 0 Å². The number of alkyl carbamates (subject to hydrolysis) is 1. The van der Waals surface area contributed by atoms with E-state index in [0.29, 0.717) is 0 Å². The van der Waals surface area contributed by atoms with Crippen LogP contribution in [-0.4, -0.2) is 47.0 Å². The topological polar surface area (TPSA) is 87.7 Å². The molecule has 3 amide bonds. The van der Waals surface area contributed by atoms with Crippen molar-refractivity contribution in [1.29, 1.82) is 0 Å². The number of ether oxygens (including phenoxy) is 1. The molecule has 0 aromatic heterocycles. The SMILES string of the molecule is CCCC(C)NC(=O)C(c1ccccc1)N(C(=O)CNC(=O)OC(C)(C)C)C1CC1. The van der Waals surface area contributed by atoms with Crippen LogP contribution in [0.25, 0.3) is 0 Å². The molecule has 0 heterocycles. The molecule has 0 bridgehead atoms. The third-order valence-electron chi connectivity index (χ3n) is 4.76. The van der Waals surface area contributed by atoms with E-state index in [1.54, 1.807) is 25.7 Å². The van der Waals surface area contributed by atoms with Crippen molar-refractivity contribution in [2.45, 2.75) is 84.0 Å². The molecular formula is C23H35N3O4. The van der Waals surface area contributed by atoms with Gasteiger partial charge >= 0.3 is 6.09 Å². The smallest absolute Gasteiger partial charge is 0.408 e. The highest BCUT2D eigenvalue weighted by Gasteiger charge is 2.41. The fourth-order valence-corrected chi connectivity index (χ4v) is 3.36. The molecule has 7 nitrogen and oxygen atoms in total. The lowest BCUT2D eigenvalue weighted by Crippen LogP contribution is -2.50. The van der Waals surface area contributed by atoms with Crippen molar-refractivity contribution in [3.05, 3.63) is 35.9 Å². The van der Waals surface area contributed by atoms with Crippen LogP contribution in [0.4, 0.5) is 4.79 Å². The summed E-state index contributed by atoms with van der Waals surface area (Å²) in [5.74, 6) is -0.491. The largest absolute Gasteiger partial charge is 0.444 e. The first-order valence-electron chi connectivity index (χ1n) is 10.8. The molecule has 2 N–H and O–H groups in total. The molecule has 0 radical (unpaired) electrons. The molecule has 166 valence electrons. The Hall–Kier alpha value is -2.57.